The molecule has 0 saturated heterocycles. The summed E-state index contributed by atoms with van der Waals surface area (Å²) < 4.78 is 27.1. The predicted molar refractivity (Wildman–Crippen MR) is 79.5 cm³/mol. The number of nitrogens with one attached hydrogen (secondary N) is 1. The van der Waals surface area contributed by atoms with Crippen molar-refractivity contribution in [1.29, 1.82) is 0 Å². The lowest BCUT2D eigenvalue weighted by molar-refractivity contribution is 0.300. The summed E-state index contributed by atoms with van der Waals surface area (Å²) in [5.41, 5.74) is 0.450. The molecule has 8 heteroatoms. The average molecular weight is 326 g/mol. The van der Waals surface area contributed by atoms with Crippen LogP contribution in [-0.4, -0.2) is 44.5 Å². The summed E-state index contributed by atoms with van der Waals surface area (Å²) in [5.74, 6) is 0. The van der Waals surface area contributed by atoms with Gasteiger partial charge in [-0.05, 0) is 33.0 Å². The lowest BCUT2D eigenvalue weighted by Gasteiger charge is -2.17. The van der Waals surface area contributed by atoms with Crippen LogP contribution in [0.5, 0.6) is 0 Å². The van der Waals surface area contributed by atoms with Gasteiger partial charge < -0.3 is 4.90 Å². The number of hydrogen-bond donors (Lipinski definition) is 1. The molecule has 5 nitrogen and oxygen atoms in total. The van der Waals surface area contributed by atoms with Gasteiger partial charge in [0.25, 0.3) is 10.0 Å². The van der Waals surface area contributed by atoms with Crippen molar-refractivity contribution in [2.75, 3.05) is 26.2 Å². The van der Waals surface area contributed by atoms with E-state index in [4.69, 9.17) is 11.6 Å². The Hall–Kier alpha value is -0.210. The number of aromatic nitrogens is 1. The van der Waals surface area contributed by atoms with Crippen LogP contribution in [0.4, 0.5) is 0 Å². The molecule has 0 saturated carbocycles. The maximum atomic E-state index is 12.0. The van der Waals surface area contributed by atoms with Gasteiger partial charge in [-0.1, -0.05) is 36.8 Å². The maximum absolute atomic E-state index is 12.0. The number of hydrogen-bond acceptors (Lipinski definition) is 5. The molecule has 19 heavy (non-hydrogen) atoms. The van der Waals surface area contributed by atoms with Crippen LogP contribution in [0.15, 0.2) is 4.21 Å². The van der Waals surface area contributed by atoms with Gasteiger partial charge in [0.1, 0.15) is 0 Å². The second-order valence-corrected chi connectivity index (χ2v) is 7.66. The molecule has 0 aromatic carbocycles. The van der Waals surface area contributed by atoms with Crippen molar-refractivity contribution in [2.24, 2.45) is 0 Å². The summed E-state index contributed by atoms with van der Waals surface area (Å²) in [5, 5.41) is 0. The Kier molecular flexibility index (Phi) is 6.68. The Morgan fingerprint density at radius 2 is 2.00 bits per heavy atom. The fourth-order valence-electron chi connectivity index (χ4n) is 1.71. The highest BCUT2D eigenvalue weighted by atomic mass is 35.5. The first-order valence-electron chi connectivity index (χ1n) is 6.25. The molecule has 110 valence electrons. The zero-order chi connectivity index (χ0) is 14.5. The molecular formula is C11H20ClN3O2S2. The minimum absolute atomic E-state index is 0.209. The summed E-state index contributed by atoms with van der Waals surface area (Å²) in [6.45, 7) is 9.10. The third-order valence-corrected chi connectivity index (χ3v) is 6.14. The summed E-state index contributed by atoms with van der Waals surface area (Å²) in [4.78, 5) is 6.17. The van der Waals surface area contributed by atoms with Crippen LogP contribution in [0.25, 0.3) is 0 Å². The lowest BCUT2D eigenvalue weighted by atomic mass is 10.4. The van der Waals surface area contributed by atoms with Gasteiger partial charge >= 0.3 is 0 Å². The molecular weight excluding hydrogens is 306 g/mol. The predicted octanol–water partition coefficient (Wildman–Crippen LogP) is 2.12. The Morgan fingerprint density at radius 3 is 2.47 bits per heavy atom. The first kappa shape index (κ1) is 16.8. The number of thiazole rings is 1. The molecule has 1 aromatic rings. The van der Waals surface area contributed by atoms with Gasteiger partial charge in [-0.3, -0.25) is 0 Å². The Labute approximate surface area is 124 Å². The zero-order valence-corrected chi connectivity index (χ0v) is 13.8. The van der Waals surface area contributed by atoms with Crippen LogP contribution < -0.4 is 4.72 Å². The quantitative estimate of drug-likeness (QED) is 0.744. The summed E-state index contributed by atoms with van der Waals surface area (Å²) in [6, 6.07) is 0. The maximum Gasteiger partial charge on any atom is 0.251 e. The number of aryl methyl sites for hydroxylation is 1. The van der Waals surface area contributed by atoms with E-state index in [-0.39, 0.29) is 8.68 Å². The fraction of sp³-hybridized carbons (Fsp3) is 0.727. The van der Waals surface area contributed by atoms with Crippen LogP contribution in [0.3, 0.4) is 0 Å². The van der Waals surface area contributed by atoms with Gasteiger partial charge in [0.2, 0.25) is 0 Å². The van der Waals surface area contributed by atoms with Gasteiger partial charge in [0, 0.05) is 6.54 Å². The Bertz CT molecular complexity index is 498. The van der Waals surface area contributed by atoms with Crippen LogP contribution in [0, 0.1) is 6.92 Å². The van der Waals surface area contributed by atoms with E-state index in [1.165, 1.54) is 0 Å². The number of halogens is 1. The van der Waals surface area contributed by atoms with E-state index in [0.717, 1.165) is 37.4 Å². The first-order valence-corrected chi connectivity index (χ1v) is 8.93. The van der Waals surface area contributed by atoms with Gasteiger partial charge in [-0.2, -0.15) is 0 Å². The number of sulfonamides is 1. The highest BCUT2D eigenvalue weighted by Crippen LogP contribution is 2.26. The first-order chi connectivity index (χ1) is 8.90. The Balaban J connectivity index is 2.50. The molecule has 1 rings (SSSR count). The minimum Gasteiger partial charge on any atom is -0.304 e. The lowest BCUT2D eigenvalue weighted by Crippen LogP contribution is -2.29. The van der Waals surface area contributed by atoms with E-state index in [0.29, 0.717) is 12.2 Å². The minimum atomic E-state index is -3.48. The second kappa shape index (κ2) is 7.54. The largest absolute Gasteiger partial charge is 0.304 e. The molecule has 0 amide bonds. The molecule has 1 heterocycles. The molecule has 0 atom stereocenters. The molecule has 1 N–H and O–H groups in total. The van der Waals surface area contributed by atoms with E-state index in [9.17, 15) is 8.42 Å². The zero-order valence-electron chi connectivity index (χ0n) is 11.4. The van der Waals surface area contributed by atoms with Gasteiger partial charge in [-0.15, -0.1) is 0 Å². The SMILES string of the molecule is CCN(CC)CCCNS(=O)(=O)c1sc(Cl)nc1C. The van der Waals surface area contributed by atoms with Crippen LogP contribution in [-0.2, 0) is 10.0 Å². The van der Waals surface area contributed by atoms with Crippen LogP contribution >= 0.6 is 22.9 Å². The molecule has 0 aliphatic carbocycles. The fourth-order valence-corrected chi connectivity index (χ4v) is 4.57. The standard InChI is InChI=1S/C11H20ClN3O2S2/c1-4-15(5-2)8-6-7-13-19(16,17)10-9(3)14-11(12)18-10/h13H,4-8H2,1-3H3. The van der Waals surface area contributed by atoms with Gasteiger partial charge in [0.15, 0.2) is 8.68 Å². The Morgan fingerprint density at radius 1 is 1.37 bits per heavy atom. The van der Waals surface area contributed by atoms with Crippen molar-refractivity contribution >= 4 is 33.0 Å². The highest BCUT2D eigenvalue weighted by molar-refractivity contribution is 7.91. The van der Waals surface area contributed by atoms with E-state index in [1.807, 2.05) is 0 Å². The average Bonchev–Trinajstić information content (AvgIpc) is 2.69. The third kappa shape index (κ3) is 5.00. The third-order valence-electron chi connectivity index (χ3n) is 2.81. The number of nitrogens with zero attached hydrogens (tertiary/aromatic N) is 2. The summed E-state index contributed by atoms with van der Waals surface area (Å²) >= 11 is 6.71. The van der Waals surface area contributed by atoms with Crippen molar-refractivity contribution in [3.8, 4) is 0 Å². The normalized spacial score (nSPS) is 12.3. The van der Waals surface area contributed by atoms with E-state index < -0.39 is 10.0 Å². The molecule has 1 aromatic heterocycles. The topological polar surface area (TPSA) is 62.3 Å². The van der Waals surface area contributed by atoms with E-state index >= 15 is 0 Å². The molecule has 0 bridgehead atoms. The molecule has 0 spiro atoms. The monoisotopic (exact) mass is 325 g/mol. The molecule has 0 aliphatic rings. The van der Waals surface area contributed by atoms with Gasteiger partial charge in [-0.25, -0.2) is 18.1 Å². The summed E-state index contributed by atoms with van der Waals surface area (Å²) in [6.07, 6.45) is 0.784. The highest BCUT2D eigenvalue weighted by Gasteiger charge is 2.20. The molecule has 0 unspecified atom stereocenters. The van der Waals surface area contributed by atoms with Crippen molar-refractivity contribution in [1.82, 2.24) is 14.6 Å². The van der Waals surface area contributed by atoms with E-state index in [1.54, 1.807) is 6.92 Å². The van der Waals surface area contributed by atoms with Gasteiger partial charge in [0.05, 0.1) is 5.69 Å². The second-order valence-electron chi connectivity index (χ2n) is 4.12. The van der Waals surface area contributed by atoms with Crippen molar-refractivity contribution < 1.29 is 8.42 Å². The van der Waals surface area contributed by atoms with Crippen LogP contribution in [0.2, 0.25) is 4.47 Å². The summed E-state index contributed by atoms with van der Waals surface area (Å²) in [7, 11) is -3.48. The van der Waals surface area contributed by atoms with Crippen molar-refractivity contribution in [3.63, 3.8) is 0 Å². The molecule has 0 radical (unpaired) electrons. The smallest absolute Gasteiger partial charge is 0.251 e. The van der Waals surface area contributed by atoms with Crippen molar-refractivity contribution in [3.05, 3.63) is 10.2 Å². The van der Waals surface area contributed by atoms with Crippen molar-refractivity contribution in [2.45, 2.75) is 31.4 Å². The van der Waals surface area contributed by atoms with Crippen LogP contribution in [0.1, 0.15) is 26.0 Å². The number of rotatable bonds is 8. The molecule has 0 aliphatic heterocycles. The molecule has 0 fully saturated rings. The van der Waals surface area contributed by atoms with E-state index in [2.05, 4.69) is 28.5 Å².